The van der Waals surface area contributed by atoms with Crippen molar-refractivity contribution in [2.75, 3.05) is 13.1 Å². The third-order valence-corrected chi connectivity index (χ3v) is 7.36. The molecule has 6 atom stereocenters. The van der Waals surface area contributed by atoms with E-state index in [-0.39, 0.29) is 38.0 Å². The van der Waals surface area contributed by atoms with Crippen LogP contribution in [0.3, 0.4) is 0 Å². The largest absolute Gasteiger partial charge is 0.508 e. The highest BCUT2D eigenvalue weighted by Gasteiger charge is 2.40. The number of primary amides is 1. The first-order valence-corrected chi connectivity index (χ1v) is 14.9. The van der Waals surface area contributed by atoms with Crippen molar-refractivity contribution in [2.45, 2.75) is 81.8 Å². The number of hydrogen-bond acceptors (Lipinski definition) is 11. The lowest BCUT2D eigenvalue weighted by Gasteiger charge is -2.30. The number of carbonyl (C=O) groups is 8. The lowest BCUT2D eigenvalue weighted by atomic mass is 10.0. The molecule has 1 aromatic carbocycles. The standard InChI is InChI=1S/C29H41N7O12/c1-14(37)24(29(47)48)35-27(45)20-3-2-10-36(20)28(46)19(12-21(31)39)34-26(44)18(11-15-4-6-16(38)7-5-15)33-22(40)13-32-25(43)17(30)8-9-23(41)42/h4-7,14,17-20,24,37-38H,2-3,8-13,30H2,1H3,(H2,31,39)(H,32,43)(H,33,40)(H,34,44)(H,35,45)(H,41,42)(H,47,48)/t14-,17+,18+,19+,20+,24+/m1/s1. The topological polar surface area (TPSA) is 321 Å². The molecule has 1 aliphatic heterocycles. The number of amides is 6. The molecule has 48 heavy (non-hydrogen) atoms. The second-order valence-corrected chi connectivity index (χ2v) is 11.2. The van der Waals surface area contributed by atoms with Crippen molar-refractivity contribution in [1.29, 1.82) is 0 Å². The maximum Gasteiger partial charge on any atom is 0.328 e. The Bertz CT molecular complexity index is 1370. The Morgan fingerprint density at radius 3 is 2.17 bits per heavy atom. The van der Waals surface area contributed by atoms with Crippen LogP contribution in [-0.2, 0) is 44.8 Å². The summed E-state index contributed by atoms with van der Waals surface area (Å²) in [5, 5.41) is 46.7. The van der Waals surface area contributed by atoms with Crippen LogP contribution in [0.5, 0.6) is 5.75 Å². The summed E-state index contributed by atoms with van der Waals surface area (Å²) in [5.41, 5.74) is 11.4. The molecule has 0 radical (unpaired) electrons. The fourth-order valence-corrected chi connectivity index (χ4v) is 4.85. The summed E-state index contributed by atoms with van der Waals surface area (Å²) in [4.78, 5) is 100. The summed E-state index contributed by atoms with van der Waals surface area (Å²) in [6.45, 7) is 0.515. The highest BCUT2D eigenvalue weighted by atomic mass is 16.4. The van der Waals surface area contributed by atoms with Gasteiger partial charge in [-0.3, -0.25) is 33.6 Å². The van der Waals surface area contributed by atoms with Gasteiger partial charge in [0.15, 0.2) is 6.04 Å². The molecule has 19 heteroatoms. The number of benzene rings is 1. The monoisotopic (exact) mass is 679 g/mol. The first kappa shape index (κ1) is 38.9. The molecular formula is C29H41N7O12. The van der Waals surface area contributed by atoms with Gasteiger partial charge in [0.2, 0.25) is 35.4 Å². The van der Waals surface area contributed by atoms with E-state index in [9.17, 15) is 53.7 Å². The maximum atomic E-state index is 13.6. The van der Waals surface area contributed by atoms with Gasteiger partial charge in [-0.25, -0.2) is 4.79 Å². The fourth-order valence-electron chi connectivity index (χ4n) is 4.85. The second-order valence-electron chi connectivity index (χ2n) is 11.2. The molecule has 1 saturated heterocycles. The summed E-state index contributed by atoms with van der Waals surface area (Å²) in [5.74, 6) is -8.14. The van der Waals surface area contributed by atoms with E-state index < -0.39 is 96.7 Å². The number of nitrogens with zero attached hydrogens (tertiary/aromatic N) is 1. The Balaban J connectivity index is 2.23. The molecule has 0 bridgehead atoms. The Morgan fingerprint density at radius 1 is 0.958 bits per heavy atom. The Morgan fingerprint density at radius 2 is 1.60 bits per heavy atom. The van der Waals surface area contributed by atoms with Gasteiger partial charge in [0, 0.05) is 19.4 Å². The Kier molecular flexibility index (Phi) is 14.7. The Labute approximate surface area is 274 Å². The zero-order valence-electron chi connectivity index (χ0n) is 26.1. The van der Waals surface area contributed by atoms with Crippen molar-refractivity contribution in [1.82, 2.24) is 26.2 Å². The van der Waals surface area contributed by atoms with Gasteiger partial charge in [-0.2, -0.15) is 0 Å². The first-order chi connectivity index (χ1) is 22.5. The summed E-state index contributed by atoms with van der Waals surface area (Å²) in [6, 6.07) is -1.52. The first-order valence-electron chi connectivity index (χ1n) is 14.9. The number of carboxylic acid groups (broad SMARTS) is 2. The van der Waals surface area contributed by atoms with E-state index in [1.165, 1.54) is 24.3 Å². The average molecular weight is 680 g/mol. The number of carbonyl (C=O) groups excluding carboxylic acids is 6. The molecule has 0 saturated carbocycles. The van der Waals surface area contributed by atoms with Crippen LogP contribution in [0.1, 0.15) is 44.6 Å². The van der Waals surface area contributed by atoms with E-state index in [0.717, 1.165) is 11.8 Å². The normalized spacial score (nSPS) is 17.1. The number of aromatic hydroxyl groups is 1. The summed E-state index contributed by atoms with van der Waals surface area (Å²) < 4.78 is 0. The predicted molar refractivity (Wildman–Crippen MR) is 163 cm³/mol. The molecule has 0 aromatic heterocycles. The van der Waals surface area contributed by atoms with Crippen LogP contribution in [0.4, 0.5) is 0 Å². The summed E-state index contributed by atoms with van der Waals surface area (Å²) in [7, 11) is 0. The van der Waals surface area contributed by atoms with Gasteiger partial charge >= 0.3 is 11.9 Å². The molecule has 12 N–H and O–H groups in total. The van der Waals surface area contributed by atoms with Gasteiger partial charge in [0.05, 0.1) is 25.1 Å². The number of aliphatic hydroxyl groups excluding tert-OH is 1. The highest BCUT2D eigenvalue weighted by Crippen LogP contribution is 2.20. The average Bonchev–Trinajstić information content (AvgIpc) is 3.50. The number of likely N-dealkylation sites (tertiary alicyclic amines) is 1. The molecule has 2 rings (SSSR count). The lowest BCUT2D eigenvalue weighted by molar-refractivity contribution is -0.147. The maximum absolute atomic E-state index is 13.6. The molecule has 1 fully saturated rings. The van der Waals surface area contributed by atoms with Crippen molar-refractivity contribution < 1.29 is 58.8 Å². The zero-order chi connectivity index (χ0) is 36.1. The van der Waals surface area contributed by atoms with E-state index in [0.29, 0.717) is 12.0 Å². The number of aliphatic hydroxyl groups is 1. The molecule has 1 heterocycles. The van der Waals surface area contributed by atoms with Crippen molar-refractivity contribution in [3.05, 3.63) is 29.8 Å². The van der Waals surface area contributed by atoms with Gasteiger partial charge < -0.3 is 58.1 Å². The van der Waals surface area contributed by atoms with E-state index in [2.05, 4.69) is 21.3 Å². The summed E-state index contributed by atoms with van der Waals surface area (Å²) >= 11 is 0. The number of phenolic OH excluding ortho intramolecular Hbond substituents is 1. The molecule has 1 aliphatic rings. The SMILES string of the molecule is C[C@@H](O)[C@H](NC(=O)[C@@H]1CCCN1C(=O)[C@H](CC(N)=O)NC(=O)[C@H](Cc1ccc(O)cc1)NC(=O)CNC(=O)[C@@H](N)CCC(=O)O)C(=O)O. The fraction of sp³-hybridized carbons (Fsp3) is 0.517. The van der Waals surface area contributed by atoms with E-state index in [1.54, 1.807) is 0 Å². The van der Waals surface area contributed by atoms with Gasteiger partial charge in [-0.05, 0) is 43.9 Å². The minimum atomic E-state index is -1.66. The third-order valence-electron chi connectivity index (χ3n) is 7.36. The smallest absolute Gasteiger partial charge is 0.328 e. The molecule has 1 aromatic rings. The number of nitrogens with two attached hydrogens (primary N) is 2. The van der Waals surface area contributed by atoms with Crippen LogP contribution in [0.25, 0.3) is 0 Å². The number of phenols is 1. The number of rotatable bonds is 18. The number of hydrogen-bond donors (Lipinski definition) is 10. The predicted octanol–water partition coefficient (Wildman–Crippen LogP) is -3.97. The van der Waals surface area contributed by atoms with Crippen molar-refractivity contribution in [3.63, 3.8) is 0 Å². The van der Waals surface area contributed by atoms with Crippen molar-refractivity contribution in [2.24, 2.45) is 11.5 Å². The van der Waals surface area contributed by atoms with Crippen molar-refractivity contribution >= 4 is 47.4 Å². The third kappa shape index (κ3) is 12.1. The van der Waals surface area contributed by atoms with E-state index >= 15 is 0 Å². The molecule has 0 unspecified atom stereocenters. The molecule has 0 spiro atoms. The second kappa shape index (κ2) is 18.1. The summed E-state index contributed by atoms with van der Waals surface area (Å²) in [6.07, 6.45) is -2.48. The van der Waals surface area contributed by atoms with Gasteiger partial charge in [-0.1, -0.05) is 12.1 Å². The molecule has 19 nitrogen and oxygen atoms in total. The van der Waals surface area contributed by atoms with Crippen molar-refractivity contribution in [3.8, 4) is 5.75 Å². The quantitative estimate of drug-likeness (QED) is 0.0709. The molecular weight excluding hydrogens is 638 g/mol. The minimum absolute atomic E-state index is 0.0104. The van der Waals surface area contributed by atoms with Crippen LogP contribution >= 0.6 is 0 Å². The minimum Gasteiger partial charge on any atom is -0.508 e. The highest BCUT2D eigenvalue weighted by molar-refractivity contribution is 5.97. The van der Waals surface area contributed by atoms with Crippen LogP contribution < -0.4 is 32.7 Å². The Hall–Kier alpha value is -5.30. The van der Waals surface area contributed by atoms with Crippen LogP contribution in [0, 0.1) is 0 Å². The van der Waals surface area contributed by atoms with Gasteiger partial charge in [0.1, 0.15) is 23.9 Å². The van der Waals surface area contributed by atoms with Gasteiger partial charge in [0.25, 0.3) is 0 Å². The van der Waals surface area contributed by atoms with Crippen LogP contribution in [0.2, 0.25) is 0 Å². The molecule has 6 amide bonds. The zero-order valence-corrected chi connectivity index (χ0v) is 26.1. The number of carboxylic acids is 2. The number of aliphatic carboxylic acids is 2. The van der Waals surface area contributed by atoms with E-state index in [1.807, 2.05) is 0 Å². The molecule has 264 valence electrons. The van der Waals surface area contributed by atoms with Crippen LogP contribution in [0.15, 0.2) is 24.3 Å². The van der Waals surface area contributed by atoms with Crippen LogP contribution in [-0.4, -0.2) is 122 Å². The number of nitrogens with one attached hydrogen (secondary N) is 4. The molecule has 0 aliphatic carbocycles. The van der Waals surface area contributed by atoms with E-state index in [4.69, 9.17) is 16.6 Å². The van der Waals surface area contributed by atoms with Gasteiger partial charge in [-0.15, -0.1) is 0 Å². The lowest BCUT2D eigenvalue weighted by Crippen LogP contribution is -2.59.